The summed E-state index contributed by atoms with van der Waals surface area (Å²) < 4.78 is 26.8. The zero-order valence-corrected chi connectivity index (χ0v) is 16.2. The fourth-order valence-corrected chi connectivity index (χ4v) is 4.31. The Hall–Kier alpha value is -2.67. The summed E-state index contributed by atoms with van der Waals surface area (Å²) in [4.78, 5) is 17.2. The lowest BCUT2D eigenvalue weighted by Crippen LogP contribution is -2.36. The molecular weight excluding hydrogens is 362 g/mol. The van der Waals surface area contributed by atoms with E-state index in [4.69, 9.17) is 0 Å². The monoisotopic (exact) mass is 385 g/mol. The number of benzene rings is 2. The first-order chi connectivity index (χ1) is 12.9. The van der Waals surface area contributed by atoms with E-state index >= 15 is 0 Å². The molecule has 0 aliphatic carbocycles. The van der Waals surface area contributed by atoms with Crippen molar-refractivity contribution in [3.05, 3.63) is 65.7 Å². The predicted molar refractivity (Wildman–Crippen MR) is 105 cm³/mol. The second-order valence-corrected chi connectivity index (χ2v) is 8.17. The highest BCUT2D eigenvalue weighted by atomic mass is 32.2. The zero-order valence-electron chi connectivity index (χ0n) is 15.3. The van der Waals surface area contributed by atoms with Gasteiger partial charge in [0.15, 0.2) is 0 Å². The van der Waals surface area contributed by atoms with Gasteiger partial charge in [0.2, 0.25) is 5.91 Å². The number of nitrogens with zero attached hydrogens (tertiary/aromatic N) is 1. The Kier molecular flexibility index (Phi) is 5.60. The fourth-order valence-electron chi connectivity index (χ4n) is 3.07. The predicted octanol–water partition coefficient (Wildman–Crippen LogP) is 2.77. The molecule has 142 valence electrons. The third kappa shape index (κ3) is 4.19. The van der Waals surface area contributed by atoms with E-state index in [0.717, 1.165) is 18.4 Å². The molecule has 1 heterocycles. The molecule has 0 aromatic heterocycles. The summed E-state index contributed by atoms with van der Waals surface area (Å²) in [5.41, 5.74) is 1.53. The average molecular weight is 385 g/mol. The number of nitrogens with one attached hydrogen (secondary N) is 2. The quantitative estimate of drug-likeness (QED) is 0.801. The molecule has 3 rings (SSSR count). The third-order valence-corrected chi connectivity index (χ3v) is 5.86. The Morgan fingerprint density at radius 2 is 1.78 bits per heavy atom. The van der Waals surface area contributed by atoms with Crippen LogP contribution in [-0.4, -0.2) is 26.2 Å². The van der Waals surface area contributed by atoms with E-state index in [2.05, 4.69) is 22.0 Å². The second kappa shape index (κ2) is 7.92. The van der Waals surface area contributed by atoms with Gasteiger partial charge in [0, 0.05) is 5.56 Å². The molecule has 7 heteroatoms. The van der Waals surface area contributed by atoms with E-state index in [9.17, 15) is 13.2 Å². The topological polar surface area (TPSA) is 87.6 Å². The number of hydrogen-bond donors (Lipinski definition) is 2. The van der Waals surface area contributed by atoms with Gasteiger partial charge in [-0.3, -0.25) is 14.5 Å². The van der Waals surface area contributed by atoms with Crippen LogP contribution >= 0.6 is 0 Å². The summed E-state index contributed by atoms with van der Waals surface area (Å²) in [7, 11) is -3.61. The van der Waals surface area contributed by atoms with Crippen LogP contribution in [0.2, 0.25) is 0 Å². The van der Waals surface area contributed by atoms with Crippen LogP contribution in [0.4, 0.5) is 0 Å². The van der Waals surface area contributed by atoms with E-state index in [1.165, 1.54) is 6.07 Å². The lowest BCUT2D eigenvalue weighted by atomic mass is 10.0. The molecule has 0 bridgehead atoms. The molecule has 2 atom stereocenters. The number of amidine groups is 1. The standard InChI is InChI=1S/C20H23N3O3S/c1-3-9-17(15-10-5-4-6-11-15)22-20(24)14(2)21-19-16-12-7-8-13-18(16)27(25,26)23-19/h4-8,10-14,17H,3,9H2,1-2H3,(H,21,23)(H,22,24)/t14-,17-/m0/s1. The lowest BCUT2D eigenvalue weighted by Gasteiger charge is -2.20. The van der Waals surface area contributed by atoms with Gasteiger partial charge < -0.3 is 5.32 Å². The van der Waals surface area contributed by atoms with Gasteiger partial charge in [-0.25, -0.2) is 8.42 Å². The van der Waals surface area contributed by atoms with Crippen molar-refractivity contribution in [2.24, 2.45) is 4.99 Å². The molecule has 2 aromatic carbocycles. The fraction of sp³-hybridized carbons (Fsp3) is 0.300. The SMILES string of the molecule is CCC[C@H](NC(=O)[C@H](C)N=C1NS(=O)(=O)c2ccccc21)c1ccccc1. The zero-order chi connectivity index (χ0) is 19.4. The molecule has 0 saturated carbocycles. The normalized spacial score (nSPS) is 18.4. The number of carbonyl (C=O) groups is 1. The Morgan fingerprint density at radius 3 is 2.48 bits per heavy atom. The van der Waals surface area contributed by atoms with Crippen LogP contribution in [0, 0.1) is 0 Å². The Labute approximate surface area is 159 Å². The van der Waals surface area contributed by atoms with Gasteiger partial charge in [-0.1, -0.05) is 55.8 Å². The largest absolute Gasteiger partial charge is 0.347 e. The van der Waals surface area contributed by atoms with Crippen molar-refractivity contribution in [1.29, 1.82) is 0 Å². The maximum atomic E-state index is 12.7. The maximum absolute atomic E-state index is 12.7. The Morgan fingerprint density at radius 1 is 1.11 bits per heavy atom. The minimum absolute atomic E-state index is 0.0982. The number of aliphatic imine (C=N–C) groups is 1. The summed E-state index contributed by atoms with van der Waals surface area (Å²) in [6.45, 7) is 3.72. The molecule has 1 aliphatic heterocycles. The number of amides is 1. The number of sulfonamides is 1. The number of rotatable bonds is 6. The van der Waals surface area contributed by atoms with Crippen LogP contribution in [0.25, 0.3) is 0 Å². The van der Waals surface area contributed by atoms with Crippen molar-refractivity contribution in [3.63, 3.8) is 0 Å². The summed E-state index contributed by atoms with van der Waals surface area (Å²) in [5, 5.41) is 3.03. The van der Waals surface area contributed by atoms with Crippen LogP contribution < -0.4 is 10.0 Å². The molecule has 0 spiro atoms. The first kappa shape index (κ1) is 19.1. The van der Waals surface area contributed by atoms with Crippen molar-refractivity contribution < 1.29 is 13.2 Å². The smallest absolute Gasteiger partial charge is 0.263 e. The van der Waals surface area contributed by atoms with Gasteiger partial charge in [-0.2, -0.15) is 0 Å². The molecule has 2 N–H and O–H groups in total. The molecule has 0 fully saturated rings. The van der Waals surface area contributed by atoms with Gasteiger partial charge in [0.25, 0.3) is 10.0 Å². The lowest BCUT2D eigenvalue weighted by molar-refractivity contribution is -0.122. The van der Waals surface area contributed by atoms with Crippen LogP contribution in [0.1, 0.15) is 43.9 Å². The van der Waals surface area contributed by atoms with E-state index < -0.39 is 16.1 Å². The van der Waals surface area contributed by atoms with E-state index in [0.29, 0.717) is 5.56 Å². The van der Waals surface area contributed by atoms with Crippen molar-refractivity contribution in [1.82, 2.24) is 10.0 Å². The van der Waals surface area contributed by atoms with Crippen molar-refractivity contribution in [2.45, 2.75) is 43.7 Å². The van der Waals surface area contributed by atoms with Gasteiger partial charge in [0.1, 0.15) is 11.9 Å². The Balaban J connectivity index is 1.79. The number of carbonyl (C=O) groups excluding carboxylic acids is 1. The Bertz CT molecular complexity index is 955. The van der Waals surface area contributed by atoms with Crippen LogP contribution in [0.5, 0.6) is 0 Å². The van der Waals surface area contributed by atoms with Gasteiger partial charge in [-0.15, -0.1) is 0 Å². The van der Waals surface area contributed by atoms with E-state index in [-0.39, 0.29) is 22.7 Å². The van der Waals surface area contributed by atoms with Gasteiger partial charge in [-0.05, 0) is 31.0 Å². The molecule has 2 aromatic rings. The summed E-state index contributed by atoms with van der Waals surface area (Å²) >= 11 is 0. The van der Waals surface area contributed by atoms with E-state index in [1.807, 2.05) is 30.3 Å². The summed E-state index contributed by atoms with van der Waals surface area (Å²) in [6.07, 6.45) is 1.74. The molecule has 0 saturated heterocycles. The molecule has 1 amide bonds. The first-order valence-corrected chi connectivity index (χ1v) is 10.5. The van der Waals surface area contributed by atoms with Crippen molar-refractivity contribution >= 4 is 21.8 Å². The van der Waals surface area contributed by atoms with E-state index in [1.54, 1.807) is 25.1 Å². The minimum Gasteiger partial charge on any atom is -0.347 e. The highest BCUT2D eigenvalue weighted by Crippen LogP contribution is 2.23. The molecule has 27 heavy (non-hydrogen) atoms. The highest BCUT2D eigenvalue weighted by molar-refractivity contribution is 7.90. The average Bonchev–Trinajstić information content (AvgIpc) is 2.92. The van der Waals surface area contributed by atoms with Crippen LogP contribution in [0.3, 0.4) is 0 Å². The van der Waals surface area contributed by atoms with Crippen molar-refractivity contribution in [2.75, 3.05) is 0 Å². The van der Waals surface area contributed by atoms with Crippen LogP contribution in [-0.2, 0) is 14.8 Å². The molecule has 0 radical (unpaired) electrons. The minimum atomic E-state index is -3.61. The molecule has 6 nitrogen and oxygen atoms in total. The third-order valence-electron chi connectivity index (χ3n) is 4.46. The number of fused-ring (bicyclic) bond motifs is 1. The van der Waals surface area contributed by atoms with Gasteiger partial charge >= 0.3 is 0 Å². The number of hydrogen-bond acceptors (Lipinski definition) is 4. The second-order valence-electron chi connectivity index (χ2n) is 6.52. The first-order valence-electron chi connectivity index (χ1n) is 8.97. The van der Waals surface area contributed by atoms with Crippen molar-refractivity contribution in [3.8, 4) is 0 Å². The molecule has 0 unspecified atom stereocenters. The summed E-state index contributed by atoms with van der Waals surface area (Å²) in [5.74, 6) is -0.0339. The highest BCUT2D eigenvalue weighted by Gasteiger charge is 2.31. The maximum Gasteiger partial charge on any atom is 0.263 e. The molecule has 1 aliphatic rings. The van der Waals surface area contributed by atoms with Gasteiger partial charge in [0.05, 0.1) is 10.9 Å². The molecular formula is C20H23N3O3S. The summed E-state index contributed by atoms with van der Waals surface area (Å²) in [6, 6.07) is 15.6. The van der Waals surface area contributed by atoms with Crippen LogP contribution in [0.15, 0.2) is 64.5 Å².